The third kappa shape index (κ3) is 6.98. The van der Waals surface area contributed by atoms with Crippen LogP contribution in [-0.4, -0.2) is 55.0 Å². The van der Waals surface area contributed by atoms with Gasteiger partial charge in [-0.25, -0.2) is 0 Å². The molecule has 0 saturated carbocycles. The number of amides is 2. The van der Waals surface area contributed by atoms with Crippen LogP contribution in [0.1, 0.15) is 43.7 Å². The Bertz CT molecular complexity index is 661. The lowest BCUT2D eigenvalue weighted by molar-refractivity contribution is -0.127. The molecular formula is C22H35ClN4O2. The summed E-state index contributed by atoms with van der Waals surface area (Å²) in [5, 5.41) is 9.41. The summed E-state index contributed by atoms with van der Waals surface area (Å²) in [6, 6.07) is 8.06. The first kappa shape index (κ1) is 23.6. The van der Waals surface area contributed by atoms with Crippen molar-refractivity contribution in [3.63, 3.8) is 0 Å². The van der Waals surface area contributed by atoms with Crippen LogP contribution >= 0.6 is 12.4 Å². The molecule has 3 N–H and O–H groups in total. The van der Waals surface area contributed by atoms with Crippen LogP contribution in [0, 0.1) is 12.8 Å². The van der Waals surface area contributed by atoms with Gasteiger partial charge in [-0.05, 0) is 64.1 Å². The molecule has 6 nitrogen and oxygen atoms in total. The van der Waals surface area contributed by atoms with E-state index in [1.807, 2.05) is 6.92 Å². The highest BCUT2D eigenvalue weighted by Crippen LogP contribution is 2.18. The Labute approximate surface area is 180 Å². The number of rotatable bonds is 7. The molecule has 7 heteroatoms. The van der Waals surface area contributed by atoms with E-state index < -0.39 is 0 Å². The first-order valence-electron chi connectivity index (χ1n) is 10.6. The second-order valence-corrected chi connectivity index (χ2v) is 8.28. The Morgan fingerprint density at radius 2 is 1.93 bits per heavy atom. The summed E-state index contributed by atoms with van der Waals surface area (Å²) in [5.41, 5.74) is 2.34. The molecule has 2 aliphatic heterocycles. The minimum Gasteiger partial charge on any atom is -0.354 e. The maximum atomic E-state index is 12.6. The number of benzene rings is 1. The Morgan fingerprint density at radius 3 is 2.62 bits per heavy atom. The molecule has 3 rings (SSSR count). The van der Waals surface area contributed by atoms with E-state index >= 15 is 0 Å². The zero-order valence-corrected chi connectivity index (χ0v) is 18.4. The van der Waals surface area contributed by atoms with E-state index in [1.165, 1.54) is 5.56 Å². The van der Waals surface area contributed by atoms with Gasteiger partial charge in [-0.1, -0.05) is 29.8 Å². The maximum absolute atomic E-state index is 12.6. The van der Waals surface area contributed by atoms with E-state index in [-0.39, 0.29) is 36.3 Å². The summed E-state index contributed by atoms with van der Waals surface area (Å²) >= 11 is 0. The van der Waals surface area contributed by atoms with Crippen molar-refractivity contribution in [1.82, 2.24) is 20.9 Å². The highest BCUT2D eigenvalue weighted by Gasteiger charge is 2.28. The molecular weight excluding hydrogens is 388 g/mol. The molecule has 2 fully saturated rings. The normalized spacial score (nSPS) is 23.1. The molecule has 0 bridgehead atoms. The topological polar surface area (TPSA) is 73.5 Å². The third-order valence-electron chi connectivity index (χ3n) is 6.01. The van der Waals surface area contributed by atoms with Crippen LogP contribution in [0.25, 0.3) is 0 Å². The van der Waals surface area contributed by atoms with Gasteiger partial charge in [0.25, 0.3) is 0 Å². The predicted molar refractivity (Wildman–Crippen MR) is 118 cm³/mol. The number of halogens is 1. The highest BCUT2D eigenvalue weighted by molar-refractivity contribution is 5.85. The number of likely N-dealkylation sites (tertiary alicyclic amines) is 1. The molecule has 0 aromatic heterocycles. The van der Waals surface area contributed by atoms with Crippen molar-refractivity contribution in [3.8, 4) is 0 Å². The Hall–Kier alpha value is -1.63. The molecule has 2 aliphatic rings. The highest BCUT2D eigenvalue weighted by atomic mass is 35.5. The molecule has 3 unspecified atom stereocenters. The van der Waals surface area contributed by atoms with E-state index in [9.17, 15) is 9.59 Å². The number of carbonyl (C=O) groups excluding carboxylic acids is 2. The van der Waals surface area contributed by atoms with Gasteiger partial charge in [-0.15, -0.1) is 12.4 Å². The molecule has 0 radical (unpaired) electrons. The average molecular weight is 423 g/mol. The molecule has 2 amide bonds. The minimum absolute atomic E-state index is 0. The van der Waals surface area contributed by atoms with Crippen LogP contribution in [0.5, 0.6) is 0 Å². The number of piperidine rings is 1. The van der Waals surface area contributed by atoms with Gasteiger partial charge in [0.05, 0.1) is 12.1 Å². The fraction of sp³-hybridized carbons (Fsp3) is 0.636. The smallest absolute Gasteiger partial charge is 0.237 e. The van der Waals surface area contributed by atoms with Gasteiger partial charge in [0.15, 0.2) is 0 Å². The molecule has 162 valence electrons. The predicted octanol–water partition coefficient (Wildman–Crippen LogP) is 2.00. The maximum Gasteiger partial charge on any atom is 0.237 e. The summed E-state index contributed by atoms with van der Waals surface area (Å²) in [5.74, 6) is 0.602. The van der Waals surface area contributed by atoms with Crippen LogP contribution in [0.15, 0.2) is 24.3 Å². The number of hydrogen-bond donors (Lipinski definition) is 3. The van der Waals surface area contributed by atoms with E-state index in [0.717, 1.165) is 50.9 Å². The fourth-order valence-electron chi connectivity index (χ4n) is 4.10. The average Bonchev–Trinajstić information content (AvgIpc) is 3.26. The zero-order chi connectivity index (χ0) is 19.9. The van der Waals surface area contributed by atoms with Crippen molar-refractivity contribution >= 4 is 24.2 Å². The van der Waals surface area contributed by atoms with Gasteiger partial charge < -0.3 is 16.0 Å². The summed E-state index contributed by atoms with van der Waals surface area (Å²) in [6.45, 7) is 8.03. The molecule has 2 saturated heterocycles. The van der Waals surface area contributed by atoms with Crippen LogP contribution in [-0.2, 0) is 16.1 Å². The van der Waals surface area contributed by atoms with Crippen molar-refractivity contribution in [2.75, 3.05) is 26.2 Å². The molecule has 3 atom stereocenters. The van der Waals surface area contributed by atoms with Crippen LogP contribution in [0.2, 0.25) is 0 Å². The number of hydrogen-bond acceptors (Lipinski definition) is 4. The quantitative estimate of drug-likeness (QED) is 0.628. The van der Waals surface area contributed by atoms with Crippen molar-refractivity contribution < 1.29 is 9.59 Å². The monoisotopic (exact) mass is 422 g/mol. The van der Waals surface area contributed by atoms with Gasteiger partial charge in [0, 0.05) is 19.6 Å². The largest absolute Gasteiger partial charge is 0.354 e. The number of carbonyl (C=O) groups is 2. The van der Waals surface area contributed by atoms with Gasteiger partial charge in [-0.2, -0.15) is 0 Å². The summed E-state index contributed by atoms with van der Waals surface area (Å²) in [6.07, 6.45) is 4.18. The lowest BCUT2D eigenvalue weighted by Gasteiger charge is -2.36. The van der Waals surface area contributed by atoms with E-state index in [2.05, 4.69) is 52.0 Å². The number of nitrogens with one attached hydrogen (secondary N) is 3. The lowest BCUT2D eigenvalue weighted by Crippen LogP contribution is -2.51. The van der Waals surface area contributed by atoms with Crippen LogP contribution in [0.4, 0.5) is 0 Å². The third-order valence-corrected chi connectivity index (χ3v) is 6.01. The van der Waals surface area contributed by atoms with Crippen molar-refractivity contribution in [1.29, 1.82) is 0 Å². The SMILES string of the molecule is Cc1ccc(CNC(=O)C(C)N2CCCC(CNC(=O)C3CCCN3)C2)cc1.Cl. The Balaban J connectivity index is 0.00000300. The van der Waals surface area contributed by atoms with E-state index in [0.29, 0.717) is 19.0 Å². The van der Waals surface area contributed by atoms with Crippen molar-refractivity contribution in [2.45, 2.75) is 58.2 Å². The lowest BCUT2D eigenvalue weighted by atomic mass is 9.96. The first-order valence-corrected chi connectivity index (χ1v) is 10.6. The second-order valence-electron chi connectivity index (χ2n) is 8.28. The van der Waals surface area contributed by atoms with Gasteiger partial charge in [-0.3, -0.25) is 14.5 Å². The minimum atomic E-state index is -0.152. The molecule has 1 aromatic rings. The van der Waals surface area contributed by atoms with Crippen molar-refractivity contribution in [3.05, 3.63) is 35.4 Å². The summed E-state index contributed by atoms with van der Waals surface area (Å²) in [7, 11) is 0. The number of nitrogens with zero attached hydrogens (tertiary/aromatic N) is 1. The van der Waals surface area contributed by atoms with Crippen molar-refractivity contribution in [2.24, 2.45) is 5.92 Å². The molecule has 0 aliphatic carbocycles. The molecule has 2 heterocycles. The van der Waals surface area contributed by atoms with Gasteiger partial charge >= 0.3 is 0 Å². The Morgan fingerprint density at radius 1 is 1.17 bits per heavy atom. The fourth-order valence-corrected chi connectivity index (χ4v) is 4.10. The molecule has 0 spiro atoms. The standard InChI is InChI=1S/C22H34N4O2.ClH/c1-16-7-9-18(10-8-16)13-24-21(27)17(2)26-12-4-5-19(15-26)14-25-22(28)20-6-3-11-23-20;/h7-10,17,19-20,23H,3-6,11-15H2,1-2H3,(H,24,27)(H,25,28);1H. The zero-order valence-electron chi connectivity index (χ0n) is 17.6. The summed E-state index contributed by atoms with van der Waals surface area (Å²) < 4.78 is 0. The van der Waals surface area contributed by atoms with E-state index in [1.54, 1.807) is 0 Å². The van der Waals surface area contributed by atoms with Gasteiger partial charge in [0.2, 0.25) is 11.8 Å². The summed E-state index contributed by atoms with van der Waals surface area (Å²) in [4.78, 5) is 27.0. The van der Waals surface area contributed by atoms with Crippen LogP contribution < -0.4 is 16.0 Å². The first-order chi connectivity index (χ1) is 13.5. The molecule has 1 aromatic carbocycles. The van der Waals surface area contributed by atoms with Crippen LogP contribution in [0.3, 0.4) is 0 Å². The number of aryl methyl sites for hydroxylation is 1. The second kappa shape index (κ2) is 11.5. The Kier molecular flexibility index (Phi) is 9.40. The van der Waals surface area contributed by atoms with Gasteiger partial charge in [0.1, 0.15) is 0 Å². The van der Waals surface area contributed by atoms with E-state index in [4.69, 9.17) is 0 Å². The molecule has 29 heavy (non-hydrogen) atoms.